The molecule has 0 unspecified atom stereocenters. The molecule has 0 aliphatic rings. The van der Waals surface area contributed by atoms with Crippen molar-refractivity contribution in [3.8, 4) is 17.5 Å². The van der Waals surface area contributed by atoms with Crippen LogP contribution in [0.3, 0.4) is 0 Å². The van der Waals surface area contributed by atoms with Crippen molar-refractivity contribution < 1.29 is 4.74 Å². The Morgan fingerprint density at radius 1 is 1.14 bits per heavy atom. The molecule has 0 aliphatic carbocycles. The van der Waals surface area contributed by atoms with Gasteiger partial charge in [0.2, 0.25) is 5.69 Å². The van der Waals surface area contributed by atoms with Crippen molar-refractivity contribution in [1.82, 2.24) is 15.0 Å². The van der Waals surface area contributed by atoms with Gasteiger partial charge in [-0.05, 0) is 45.0 Å². The van der Waals surface area contributed by atoms with Crippen LogP contribution in [0.5, 0.6) is 5.75 Å². The van der Waals surface area contributed by atoms with Crippen LogP contribution in [0.15, 0.2) is 24.3 Å². The maximum absolute atomic E-state index is 9.22. The minimum absolute atomic E-state index is 0.340. The Bertz CT molecular complexity index is 623. The highest BCUT2D eigenvalue weighted by Crippen LogP contribution is 2.19. The Morgan fingerprint density at radius 2 is 1.81 bits per heavy atom. The van der Waals surface area contributed by atoms with E-state index < -0.39 is 0 Å². The van der Waals surface area contributed by atoms with Crippen molar-refractivity contribution in [2.75, 3.05) is 24.6 Å². The molecule has 21 heavy (non-hydrogen) atoms. The van der Waals surface area contributed by atoms with Crippen molar-refractivity contribution in [2.45, 2.75) is 20.8 Å². The summed E-state index contributed by atoms with van der Waals surface area (Å²) in [6.07, 6.45) is 0. The van der Waals surface area contributed by atoms with E-state index in [4.69, 9.17) is 4.74 Å². The largest absolute Gasteiger partial charge is 0.494 e. The van der Waals surface area contributed by atoms with Crippen molar-refractivity contribution in [3.05, 3.63) is 30.0 Å². The topological polar surface area (TPSA) is 67.0 Å². The molecule has 1 aromatic heterocycles. The molecule has 0 aliphatic heterocycles. The zero-order chi connectivity index (χ0) is 15.2. The Hall–Kier alpha value is -2.55. The summed E-state index contributed by atoms with van der Waals surface area (Å²) < 4.78 is 5.41. The lowest BCUT2D eigenvalue weighted by molar-refractivity contribution is 0.340. The normalized spacial score (nSPS) is 10.2. The van der Waals surface area contributed by atoms with Crippen LogP contribution in [-0.2, 0) is 0 Å². The van der Waals surface area contributed by atoms with Gasteiger partial charge in [-0.1, -0.05) is 0 Å². The first kappa shape index (κ1) is 14.9. The second-order valence-corrected chi connectivity index (χ2v) is 4.37. The molecule has 1 heterocycles. The number of nitriles is 1. The molecule has 0 fully saturated rings. The first-order valence-corrected chi connectivity index (χ1v) is 7.09. The molecular formula is C15H19N5O. The minimum atomic E-state index is 0.340. The van der Waals surface area contributed by atoms with Crippen LogP contribution < -0.4 is 9.64 Å². The fraction of sp³-hybridized carbons (Fsp3) is 0.400. The molecular weight excluding hydrogens is 266 g/mol. The number of rotatable bonds is 6. The van der Waals surface area contributed by atoms with Crippen molar-refractivity contribution in [1.29, 1.82) is 5.26 Å². The highest BCUT2D eigenvalue weighted by atomic mass is 16.5. The zero-order valence-corrected chi connectivity index (χ0v) is 12.6. The molecule has 110 valence electrons. The molecule has 1 aromatic carbocycles. The average molecular weight is 285 g/mol. The summed E-state index contributed by atoms with van der Waals surface area (Å²) in [7, 11) is 0. The molecule has 0 atom stereocenters. The van der Waals surface area contributed by atoms with Crippen LogP contribution in [0, 0.1) is 11.3 Å². The molecule has 0 bridgehead atoms. The van der Waals surface area contributed by atoms with E-state index in [1.165, 1.54) is 4.80 Å². The minimum Gasteiger partial charge on any atom is -0.494 e. The zero-order valence-electron chi connectivity index (χ0n) is 12.6. The van der Waals surface area contributed by atoms with E-state index in [-0.39, 0.29) is 0 Å². The Balaban J connectivity index is 2.34. The predicted molar refractivity (Wildman–Crippen MR) is 80.8 cm³/mol. The molecule has 6 nitrogen and oxygen atoms in total. The lowest BCUT2D eigenvalue weighted by Gasteiger charge is -2.16. The highest BCUT2D eigenvalue weighted by molar-refractivity contribution is 5.50. The average Bonchev–Trinajstić information content (AvgIpc) is 2.94. The van der Waals surface area contributed by atoms with Gasteiger partial charge in [-0.15, -0.1) is 15.0 Å². The summed E-state index contributed by atoms with van der Waals surface area (Å²) in [4.78, 5) is 3.50. The number of benzene rings is 1. The van der Waals surface area contributed by atoms with E-state index in [1.807, 2.05) is 49.9 Å². The SMILES string of the molecule is CCOc1ccc(-n2nc(C#N)c(N(CC)CC)n2)cc1. The number of hydrogen-bond acceptors (Lipinski definition) is 5. The molecule has 0 saturated heterocycles. The maximum Gasteiger partial charge on any atom is 0.207 e. The van der Waals surface area contributed by atoms with Gasteiger partial charge in [0.05, 0.1) is 12.3 Å². The number of nitrogens with zero attached hydrogens (tertiary/aromatic N) is 5. The molecule has 6 heteroatoms. The lowest BCUT2D eigenvalue weighted by Crippen LogP contribution is -2.23. The highest BCUT2D eigenvalue weighted by Gasteiger charge is 2.16. The fourth-order valence-corrected chi connectivity index (χ4v) is 2.07. The van der Waals surface area contributed by atoms with Crippen LogP contribution >= 0.6 is 0 Å². The van der Waals surface area contributed by atoms with Crippen LogP contribution in [0.2, 0.25) is 0 Å². The fourth-order valence-electron chi connectivity index (χ4n) is 2.07. The molecule has 2 rings (SSSR count). The summed E-state index contributed by atoms with van der Waals surface area (Å²) >= 11 is 0. The van der Waals surface area contributed by atoms with E-state index in [0.29, 0.717) is 18.1 Å². The van der Waals surface area contributed by atoms with Crippen LogP contribution in [0.1, 0.15) is 26.5 Å². The Morgan fingerprint density at radius 3 is 2.33 bits per heavy atom. The number of anilines is 1. The third-order valence-corrected chi connectivity index (χ3v) is 3.14. The van der Waals surface area contributed by atoms with Gasteiger partial charge in [-0.25, -0.2) is 0 Å². The molecule has 2 aromatic rings. The third kappa shape index (κ3) is 3.14. The van der Waals surface area contributed by atoms with Gasteiger partial charge >= 0.3 is 0 Å². The first-order valence-electron chi connectivity index (χ1n) is 7.09. The predicted octanol–water partition coefficient (Wildman–Crippen LogP) is 2.38. The quantitative estimate of drug-likeness (QED) is 0.815. The first-order chi connectivity index (χ1) is 10.2. The maximum atomic E-state index is 9.22. The molecule has 0 N–H and O–H groups in total. The van der Waals surface area contributed by atoms with Gasteiger partial charge in [0.1, 0.15) is 11.8 Å². The summed E-state index contributed by atoms with van der Waals surface area (Å²) in [5, 5.41) is 17.9. The van der Waals surface area contributed by atoms with Crippen molar-refractivity contribution in [3.63, 3.8) is 0 Å². The van der Waals surface area contributed by atoms with Crippen LogP contribution in [0.25, 0.3) is 5.69 Å². The second kappa shape index (κ2) is 6.75. The van der Waals surface area contributed by atoms with E-state index in [9.17, 15) is 5.26 Å². The Labute approximate surface area is 124 Å². The molecule has 0 amide bonds. The van der Waals surface area contributed by atoms with Gasteiger partial charge in [-0.2, -0.15) is 5.26 Å². The number of hydrogen-bond donors (Lipinski definition) is 0. The van der Waals surface area contributed by atoms with Crippen LogP contribution in [0.4, 0.5) is 5.82 Å². The van der Waals surface area contributed by atoms with Crippen LogP contribution in [-0.4, -0.2) is 34.7 Å². The monoisotopic (exact) mass is 285 g/mol. The standard InChI is InChI=1S/C15H19N5O/c1-4-19(5-2)15-14(11-16)17-20(18-15)12-7-9-13(10-8-12)21-6-3/h7-10H,4-6H2,1-3H3. The van der Waals surface area contributed by atoms with Crippen molar-refractivity contribution >= 4 is 5.82 Å². The second-order valence-electron chi connectivity index (χ2n) is 4.37. The summed E-state index contributed by atoms with van der Waals surface area (Å²) in [5.41, 5.74) is 1.14. The summed E-state index contributed by atoms with van der Waals surface area (Å²) in [6.45, 7) is 8.20. The van der Waals surface area contributed by atoms with E-state index in [0.717, 1.165) is 24.5 Å². The molecule has 0 saturated carbocycles. The Kier molecular flexibility index (Phi) is 4.77. The van der Waals surface area contributed by atoms with E-state index in [2.05, 4.69) is 16.3 Å². The van der Waals surface area contributed by atoms with Crippen molar-refractivity contribution in [2.24, 2.45) is 0 Å². The van der Waals surface area contributed by atoms with Gasteiger partial charge < -0.3 is 9.64 Å². The van der Waals surface area contributed by atoms with E-state index >= 15 is 0 Å². The van der Waals surface area contributed by atoms with Gasteiger partial charge in [0.25, 0.3) is 0 Å². The third-order valence-electron chi connectivity index (χ3n) is 3.14. The summed E-state index contributed by atoms with van der Waals surface area (Å²) in [5.74, 6) is 1.43. The summed E-state index contributed by atoms with van der Waals surface area (Å²) in [6, 6.07) is 9.58. The lowest BCUT2D eigenvalue weighted by atomic mass is 10.3. The van der Waals surface area contributed by atoms with E-state index in [1.54, 1.807) is 0 Å². The number of ether oxygens (including phenoxy) is 1. The molecule has 0 radical (unpaired) electrons. The molecule has 0 spiro atoms. The van der Waals surface area contributed by atoms with Gasteiger partial charge in [0.15, 0.2) is 5.82 Å². The number of aromatic nitrogens is 3. The van der Waals surface area contributed by atoms with Gasteiger partial charge in [0, 0.05) is 13.1 Å². The van der Waals surface area contributed by atoms with Gasteiger partial charge in [-0.3, -0.25) is 0 Å². The smallest absolute Gasteiger partial charge is 0.207 e.